The topological polar surface area (TPSA) is 70.7 Å². The number of nitrogens with zero attached hydrogens (tertiary/aromatic N) is 1. The number of carbonyl (C=O) groups is 2. The van der Waals surface area contributed by atoms with Crippen molar-refractivity contribution < 1.29 is 14.3 Å². The number of hydrogen-bond donors (Lipinski definition) is 2. The van der Waals surface area contributed by atoms with Crippen molar-refractivity contribution in [1.29, 1.82) is 0 Å². The summed E-state index contributed by atoms with van der Waals surface area (Å²) in [6.45, 7) is 0.743. The van der Waals surface area contributed by atoms with E-state index >= 15 is 0 Å². The molecule has 6 heteroatoms. The van der Waals surface area contributed by atoms with Gasteiger partial charge in [0, 0.05) is 18.8 Å². The highest BCUT2D eigenvalue weighted by molar-refractivity contribution is 6.01. The van der Waals surface area contributed by atoms with Crippen LogP contribution < -0.4 is 10.6 Å². The van der Waals surface area contributed by atoms with Crippen LogP contribution in [0.1, 0.15) is 33.2 Å². The molecule has 1 heterocycles. The van der Waals surface area contributed by atoms with Gasteiger partial charge in [-0.3, -0.25) is 4.79 Å². The van der Waals surface area contributed by atoms with Gasteiger partial charge in [0.2, 0.25) is 0 Å². The molecule has 151 valence electrons. The third-order valence-corrected chi connectivity index (χ3v) is 5.05. The third kappa shape index (κ3) is 4.12. The molecule has 0 saturated carbocycles. The van der Waals surface area contributed by atoms with Gasteiger partial charge in [0.25, 0.3) is 5.91 Å². The second-order valence-corrected chi connectivity index (χ2v) is 7.04. The van der Waals surface area contributed by atoms with Crippen LogP contribution in [0.25, 0.3) is 0 Å². The van der Waals surface area contributed by atoms with E-state index in [1.54, 1.807) is 0 Å². The van der Waals surface area contributed by atoms with Gasteiger partial charge >= 0.3 is 6.09 Å². The van der Waals surface area contributed by atoms with Crippen LogP contribution in [-0.2, 0) is 17.8 Å². The van der Waals surface area contributed by atoms with Crippen LogP contribution in [0.2, 0.25) is 0 Å². The summed E-state index contributed by atoms with van der Waals surface area (Å²) >= 11 is 0. The summed E-state index contributed by atoms with van der Waals surface area (Å²) in [5.41, 5.74) is 4.37. The maximum Gasteiger partial charge on any atom is 0.407 e. The number of alkyl carbamates (subject to hydrolysis) is 1. The lowest BCUT2D eigenvalue weighted by Gasteiger charge is -2.38. The normalized spacial score (nSPS) is 15.2. The molecule has 0 aromatic heterocycles. The predicted molar refractivity (Wildman–Crippen MR) is 114 cm³/mol. The molecule has 6 nitrogen and oxygen atoms in total. The fourth-order valence-electron chi connectivity index (χ4n) is 3.61. The molecular weight excluding hydrogens is 378 g/mol. The number of carbonyl (C=O) groups excluding carboxylic acids is 2. The van der Waals surface area contributed by atoms with Gasteiger partial charge < -0.3 is 20.3 Å². The maximum absolute atomic E-state index is 13.3. The Hall–Kier alpha value is -3.80. The minimum atomic E-state index is -0.587. The molecule has 1 unspecified atom stereocenters. The first-order chi connectivity index (χ1) is 14.7. The van der Waals surface area contributed by atoms with Gasteiger partial charge in [-0.25, -0.2) is 4.79 Å². The average molecular weight is 400 g/mol. The Morgan fingerprint density at radius 2 is 1.73 bits per heavy atom. The second kappa shape index (κ2) is 8.69. The van der Waals surface area contributed by atoms with Crippen LogP contribution in [-0.4, -0.2) is 16.9 Å². The number of para-hydroxylation sites is 1. The molecule has 2 amide bonds. The minimum Gasteiger partial charge on any atom is -0.446 e. The van der Waals surface area contributed by atoms with Crippen LogP contribution in [0.3, 0.4) is 0 Å². The number of rotatable bonds is 5. The molecule has 4 rings (SSSR count). The highest BCUT2D eigenvalue weighted by atomic mass is 16.5. The summed E-state index contributed by atoms with van der Waals surface area (Å²) < 4.78 is 4.37. The van der Waals surface area contributed by atoms with Crippen LogP contribution in [0.4, 0.5) is 10.5 Å². The Morgan fingerprint density at radius 1 is 1.00 bits per heavy atom. The highest BCUT2D eigenvalue weighted by Gasteiger charge is 2.32. The molecule has 1 aliphatic rings. The summed E-state index contributed by atoms with van der Waals surface area (Å²) in [4.78, 5) is 26.5. The molecule has 1 atom stereocenters. The largest absolute Gasteiger partial charge is 0.446 e. The highest BCUT2D eigenvalue weighted by Crippen LogP contribution is 2.34. The zero-order valence-electron chi connectivity index (χ0n) is 16.4. The molecule has 0 saturated heterocycles. The minimum absolute atomic E-state index is 0.0256. The van der Waals surface area contributed by atoms with Gasteiger partial charge in [-0.05, 0) is 28.8 Å². The molecule has 0 fully saturated rings. The SMILES string of the molecule is [CH2]OC(=O)NCc1cccc(CN2C(=O)c3ccccc3NC2c2ccccc2)c1. The van der Waals surface area contributed by atoms with E-state index in [0.29, 0.717) is 18.7 Å². The van der Waals surface area contributed by atoms with Crippen molar-refractivity contribution in [2.45, 2.75) is 19.3 Å². The van der Waals surface area contributed by atoms with E-state index in [-0.39, 0.29) is 12.1 Å². The molecule has 1 radical (unpaired) electrons. The van der Waals surface area contributed by atoms with Crippen LogP contribution >= 0.6 is 0 Å². The molecule has 3 aromatic rings. The fourth-order valence-corrected chi connectivity index (χ4v) is 3.61. The van der Waals surface area contributed by atoms with Gasteiger partial charge in [-0.1, -0.05) is 66.7 Å². The van der Waals surface area contributed by atoms with Gasteiger partial charge in [0.1, 0.15) is 13.3 Å². The summed E-state index contributed by atoms with van der Waals surface area (Å²) in [6, 6.07) is 25.2. The van der Waals surface area contributed by atoms with Crippen LogP contribution in [0, 0.1) is 7.11 Å². The Bertz CT molecular complexity index is 1050. The van der Waals surface area contributed by atoms with E-state index in [9.17, 15) is 9.59 Å². The lowest BCUT2D eigenvalue weighted by molar-refractivity contribution is 0.0666. The fraction of sp³-hybridized carbons (Fsp3) is 0.125. The van der Waals surface area contributed by atoms with E-state index in [1.165, 1.54) is 0 Å². The lowest BCUT2D eigenvalue weighted by atomic mass is 10.0. The Morgan fingerprint density at radius 3 is 2.53 bits per heavy atom. The van der Waals surface area contributed by atoms with Crippen molar-refractivity contribution in [2.75, 3.05) is 5.32 Å². The smallest absolute Gasteiger partial charge is 0.407 e. The predicted octanol–water partition coefficient (Wildman–Crippen LogP) is 4.47. The number of nitrogens with one attached hydrogen (secondary N) is 2. The number of ether oxygens (including phenoxy) is 1. The van der Waals surface area contributed by atoms with Gasteiger partial charge in [0.05, 0.1) is 5.56 Å². The molecule has 0 spiro atoms. The Kier molecular flexibility index (Phi) is 5.66. The van der Waals surface area contributed by atoms with E-state index in [0.717, 1.165) is 22.4 Å². The Labute approximate surface area is 175 Å². The first-order valence-electron chi connectivity index (χ1n) is 9.65. The zero-order chi connectivity index (χ0) is 20.9. The van der Waals surface area contributed by atoms with Crippen molar-refractivity contribution in [3.05, 3.63) is 108 Å². The maximum atomic E-state index is 13.3. The lowest BCUT2D eigenvalue weighted by Crippen LogP contribution is -2.42. The molecule has 2 N–H and O–H groups in total. The third-order valence-electron chi connectivity index (χ3n) is 5.05. The number of amides is 2. The molecule has 1 aliphatic heterocycles. The monoisotopic (exact) mass is 400 g/mol. The second-order valence-electron chi connectivity index (χ2n) is 7.04. The number of hydrogen-bond acceptors (Lipinski definition) is 4. The summed E-state index contributed by atoms with van der Waals surface area (Å²) in [5.74, 6) is -0.0256. The number of anilines is 1. The molecule has 0 aliphatic carbocycles. The van der Waals surface area contributed by atoms with Crippen molar-refractivity contribution >= 4 is 17.7 Å². The van der Waals surface area contributed by atoms with Crippen molar-refractivity contribution in [2.24, 2.45) is 0 Å². The number of benzene rings is 3. The van der Waals surface area contributed by atoms with E-state index < -0.39 is 6.09 Å². The molecule has 3 aromatic carbocycles. The zero-order valence-corrected chi connectivity index (χ0v) is 16.4. The summed E-state index contributed by atoms with van der Waals surface area (Å²) in [6.07, 6.45) is -0.868. The van der Waals surface area contributed by atoms with Gasteiger partial charge in [-0.2, -0.15) is 0 Å². The van der Waals surface area contributed by atoms with Crippen LogP contribution in [0.5, 0.6) is 0 Å². The van der Waals surface area contributed by atoms with Gasteiger partial charge in [0.15, 0.2) is 0 Å². The van der Waals surface area contributed by atoms with Gasteiger partial charge in [-0.15, -0.1) is 0 Å². The average Bonchev–Trinajstić information content (AvgIpc) is 2.80. The number of fused-ring (bicyclic) bond motifs is 1. The first-order valence-corrected chi connectivity index (χ1v) is 9.65. The Balaban J connectivity index is 1.62. The summed E-state index contributed by atoms with van der Waals surface area (Å²) in [7, 11) is 3.09. The van der Waals surface area contributed by atoms with Crippen molar-refractivity contribution in [1.82, 2.24) is 10.2 Å². The van der Waals surface area contributed by atoms with E-state index in [1.807, 2.05) is 83.8 Å². The molecule has 30 heavy (non-hydrogen) atoms. The van der Waals surface area contributed by atoms with E-state index in [2.05, 4.69) is 22.5 Å². The quantitative estimate of drug-likeness (QED) is 0.663. The van der Waals surface area contributed by atoms with Crippen molar-refractivity contribution in [3.63, 3.8) is 0 Å². The van der Waals surface area contributed by atoms with E-state index in [4.69, 9.17) is 0 Å². The van der Waals surface area contributed by atoms with Crippen LogP contribution in [0.15, 0.2) is 78.9 Å². The standard InChI is InChI=1S/C24H22N3O3/c1-30-24(29)25-15-17-8-7-9-18(14-17)16-27-22(19-10-3-2-4-11-19)26-21-13-6-5-12-20(21)23(27)28/h2-14,22,26H,1,15-16H2,(H,25,29). The summed E-state index contributed by atoms with van der Waals surface area (Å²) in [5, 5.41) is 6.12. The molecule has 0 bridgehead atoms. The first kappa shape index (κ1) is 19.5. The molecular formula is C24H22N3O3. The van der Waals surface area contributed by atoms with Crippen molar-refractivity contribution in [3.8, 4) is 0 Å².